The fourth-order valence-corrected chi connectivity index (χ4v) is 3.93. The summed E-state index contributed by atoms with van der Waals surface area (Å²) in [5.74, 6) is 0.997. The van der Waals surface area contributed by atoms with Gasteiger partial charge in [-0.15, -0.1) is 11.6 Å². The van der Waals surface area contributed by atoms with Crippen LogP contribution in [-0.4, -0.2) is 19.8 Å². The van der Waals surface area contributed by atoms with E-state index in [9.17, 15) is 8.42 Å². The number of hydrogen-bond acceptors (Lipinski definition) is 2. The van der Waals surface area contributed by atoms with Crippen LogP contribution in [0.1, 0.15) is 32.3 Å². The predicted octanol–water partition coefficient (Wildman–Crippen LogP) is 2.93. The fourth-order valence-electron chi connectivity index (χ4n) is 2.24. The van der Waals surface area contributed by atoms with Gasteiger partial charge in [0.25, 0.3) is 0 Å². The average Bonchev–Trinajstić information content (AvgIpc) is 3.12. The van der Waals surface area contributed by atoms with Crippen LogP contribution in [0.4, 0.5) is 0 Å². The van der Waals surface area contributed by atoms with E-state index < -0.39 is 10.0 Å². The van der Waals surface area contributed by atoms with Crippen molar-refractivity contribution in [2.75, 3.05) is 5.88 Å². The summed E-state index contributed by atoms with van der Waals surface area (Å²) in [4.78, 5) is 0.319. The Morgan fingerprint density at radius 3 is 2.32 bits per heavy atom. The van der Waals surface area contributed by atoms with Crippen molar-refractivity contribution in [1.82, 2.24) is 4.72 Å². The molecule has 0 radical (unpaired) electrons. The number of benzene rings is 1. The second kappa shape index (κ2) is 5.43. The monoisotopic (exact) mass is 301 g/mol. The largest absolute Gasteiger partial charge is 0.241 e. The third-order valence-corrected chi connectivity index (χ3v) is 5.49. The van der Waals surface area contributed by atoms with Gasteiger partial charge in [-0.3, -0.25) is 0 Å². The molecule has 106 valence electrons. The lowest BCUT2D eigenvalue weighted by molar-refractivity contribution is 0.400. The van der Waals surface area contributed by atoms with Gasteiger partial charge < -0.3 is 0 Å². The molecule has 1 fully saturated rings. The molecule has 1 aromatic carbocycles. The van der Waals surface area contributed by atoms with Gasteiger partial charge in [0.05, 0.1) is 4.90 Å². The van der Waals surface area contributed by atoms with E-state index in [1.54, 1.807) is 12.1 Å². The number of rotatable bonds is 6. The first-order valence-electron chi connectivity index (χ1n) is 6.54. The zero-order chi connectivity index (χ0) is 14.1. The van der Waals surface area contributed by atoms with E-state index in [1.165, 1.54) is 0 Å². The molecule has 0 unspecified atom stereocenters. The van der Waals surface area contributed by atoms with Crippen molar-refractivity contribution in [3.63, 3.8) is 0 Å². The highest BCUT2D eigenvalue weighted by Crippen LogP contribution is 2.39. The molecule has 0 bridgehead atoms. The molecule has 1 N–H and O–H groups in total. The molecule has 0 aromatic heterocycles. The summed E-state index contributed by atoms with van der Waals surface area (Å²) in [6.45, 7) is 3.90. The van der Waals surface area contributed by atoms with Gasteiger partial charge in [0.1, 0.15) is 0 Å². The van der Waals surface area contributed by atoms with E-state index >= 15 is 0 Å². The summed E-state index contributed by atoms with van der Waals surface area (Å²) >= 11 is 5.66. The number of alkyl halides is 1. The number of nitrogens with one attached hydrogen (secondary N) is 1. The summed E-state index contributed by atoms with van der Waals surface area (Å²) < 4.78 is 27.4. The van der Waals surface area contributed by atoms with E-state index in [2.05, 4.69) is 4.72 Å². The molecule has 0 aliphatic heterocycles. The number of hydrogen-bond donors (Lipinski definition) is 1. The second-order valence-electron chi connectivity index (χ2n) is 5.68. The van der Waals surface area contributed by atoms with Gasteiger partial charge in [0.2, 0.25) is 10.0 Å². The van der Waals surface area contributed by atoms with Crippen molar-refractivity contribution in [3.05, 3.63) is 29.8 Å². The zero-order valence-electron chi connectivity index (χ0n) is 11.3. The molecule has 0 saturated heterocycles. The number of aryl methyl sites for hydroxylation is 1. The quantitative estimate of drug-likeness (QED) is 0.821. The lowest BCUT2D eigenvalue weighted by atomic mass is 10.0. The minimum absolute atomic E-state index is 0.319. The van der Waals surface area contributed by atoms with Gasteiger partial charge in [0.15, 0.2) is 0 Å². The molecule has 1 aromatic rings. The van der Waals surface area contributed by atoms with Gasteiger partial charge in [0, 0.05) is 11.4 Å². The molecule has 5 heteroatoms. The molecule has 0 amide bonds. The van der Waals surface area contributed by atoms with Crippen molar-refractivity contribution in [3.8, 4) is 0 Å². The maximum atomic E-state index is 12.3. The highest BCUT2D eigenvalue weighted by molar-refractivity contribution is 7.89. The number of sulfonamides is 1. The molecule has 3 nitrogen and oxygen atoms in total. The van der Waals surface area contributed by atoms with Gasteiger partial charge in [-0.2, -0.15) is 0 Å². The maximum Gasteiger partial charge on any atom is 0.241 e. The van der Waals surface area contributed by atoms with E-state index in [4.69, 9.17) is 11.6 Å². The Bertz CT molecular complexity index is 533. The fraction of sp³-hybridized carbons (Fsp3) is 0.571. The Balaban J connectivity index is 2.14. The first-order chi connectivity index (χ1) is 8.85. The van der Waals surface area contributed by atoms with Crippen LogP contribution in [0.25, 0.3) is 0 Å². The van der Waals surface area contributed by atoms with Gasteiger partial charge >= 0.3 is 0 Å². The first kappa shape index (κ1) is 14.8. The van der Waals surface area contributed by atoms with Crippen molar-refractivity contribution in [1.29, 1.82) is 0 Å². The van der Waals surface area contributed by atoms with Crippen LogP contribution < -0.4 is 4.72 Å². The maximum absolute atomic E-state index is 12.3. The second-order valence-corrected chi connectivity index (χ2v) is 7.74. The molecule has 19 heavy (non-hydrogen) atoms. The summed E-state index contributed by atoms with van der Waals surface area (Å²) in [6.07, 6.45) is 2.96. The zero-order valence-corrected chi connectivity index (χ0v) is 12.9. The molecule has 1 aliphatic carbocycles. The Morgan fingerprint density at radius 1 is 1.26 bits per heavy atom. The molecule has 0 atom stereocenters. The van der Waals surface area contributed by atoms with Crippen molar-refractivity contribution < 1.29 is 8.42 Å². The van der Waals surface area contributed by atoms with Crippen LogP contribution in [-0.2, 0) is 16.4 Å². The van der Waals surface area contributed by atoms with E-state index in [1.807, 2.05) is 26.0 Å². The topological polar surface area (TPSA) is 46.2 Å². The molecule has 0 heterocycles. The third-order valence-electron chi connectivity index (χ3n) is 3.61. The van der Waals surface area contributed by atoms with Crippen molar-refractivity contribution >= 4 is 21.6 Å². The SMILES string of the molecule is CC(C)(NS(=O)(=O)c1ccc(CCCl)cc1)C1CC1. The van der Waals surface area contributed by atoms with Gasteiger partial charge in [-0.05, 0) is 56.7 Å². The lowest BCUT2D eigenvalue weighted by Gasteiger charge is -2.25. The van der Waals surface area contributed by atoms with Crippen molar-refractivity contribution in [2.24, 2.45) is 5.92 Å². The average molecular weight is 302 g/mol. The predicted molar refractivity (Wildman–Crippen MR) is 78.0 cm³/mol. The van der Waals surface area contributed by atoms with Gasteiger partial charge in [-0.1, -0.05) is 12.1 Å². The standard InChI is InChI=1S/C14H20ClNO2S/c1-14(2,12-5-6-12)16-19(17,18)13-7-3-11(4-8-13)9-10-15/h3-4,7-8,12,16H,5-6,9-10H2,1-2H3. The highest BCUT2D eigenvalue weighted by Gasteiger charge is 2.40. The molecule has 0 spiro atoms. The normalized spacial score (nSPS) is 16.6. The molecular weight excluding hydrogens is 282 g/mol. The summed E-state index contributed by atoms with van der Waals surface area (Å²) in [5, 5.41) is 0. The van der Waals surface area contributed by atoms with Gasteiger partial charge in [-0.25, -0.2) is 13.1 Å². The lowest BCUT2D eigenvalue weighted by Crippen LogP contribution is -2.45. The molecule has 2 rings (SSSR count). The van der Waals surface area contributed by atoms with E-state index in [-0.39, 0.29) is 5.54 Å². The van der Waals surface area contributed by atoms with Crippen LogP contribution in [0.2, 0.25) is 0 Å². The number of halogens is 1. The van der Waals surface area contributed by atoms with Crippen LogP contribution in [0.3, 0.4) is 0 Å². The Morgan fingerprint density at radius 2 is 1.84 bits per heavy atom. The van der Waals surface area contributed by atoms with E-state index in [0.29, 0.717) is 16.7 Å². The summed E-state index contributed by atoms with van der Waals surface area (Å²) in [7, 11) is -3.44. The van der Waals surface area contributed by atoms with Crippen molar-refractivity contribution in [2.45, 2.75) is 43.5 Å². The van der Waals surface area contributed by atoms with Crippen LogP contribution in [0.15, 0.2) is 29.2 Å². The summed E-state index contributed by atoms with van der Waals surface area (Å²) in [5.41, 5.74) is 0.684. The Labute approximate surface area is 120 Å². The smallest absolute Gasteiger partial charge is 0.207 e. The van der Waals surface area contributed by atoms with Crippen LogP contribution in [0.5, 0.6) is 0 Å². The molecule has 1 aliphatic rings. The Kier molecular flexibility index (Phi) is 4.23. The molecule has 1 saturated carbocycles. The third kappa shape index (κ3) is 3.71. The van der Waals surface area contributed by atoms with Crippen LogP contribution >= 0.6 is 11.6 Å². The minimum atomic E-state index is -3.44. The molecular formula is C14H20ClNO2S. The van der Waals surface area contributed by atoms with Crippen LogP contribution in [0, 0.1) is 5.92 Å². The highest BCUT2D eigenvalue weighted by atomic mass is 35.5. The minimum Gasteiger partial charge on any atom is -0.207 e. The summed E-state index contributed by atoms with van der Waals surface area (Å²) in [6, 6.07) is 6.93. The van der Waals surface area contributed by atoms with E-state index in [0.717, 1.165) is 24.8 Å². The first-order valence-corrected chi connectivity index (χ1v) is 8.56. The Hall–Kier alpha value is -0.580.